The standard InChI is InChI=1S/C20H30N4O3.HI/c1-21-20(22-14-17-8-5-11-27-17)23-15-18(16-6-3-2-4-7-16)19(25)24-9-12-26-13-10-24;/h2-4,6-7,17-18H,5,8-15H2,1H3,(H2,21,22,23);1H. The number of carbonyl (C=O) groups excluding carboxylic acids is 1. The SMILES string of the molecule is CN=C(NCC1CCCO1)NCC(C(=O)N1CCOCC1)c1ccccc1.I. The molecule has 8 heteroatoms. The van der Waals surface area contributed by atoms with Crippen molar-refractivity contribution in [3.05, 3.63) is 35.9 Å². The molecule has 2 N–H and O–H groups in total. The summed E-state index contributed by atoms with van der Waals surface area (Å²) in [6.07, 6.45) is 2.43. The summed E-state index contributed by atoms with van der Waals surface area (Å²) in [5.74, 6) is 0.568. The Hall–Kier alpha value is -1.39. The largest absolute Gasteiger partial charge is 0.378 e. The molecular formula is C20H31IN4O3. The smallest absolute Gasteiger partial charge is 0.232 e. The molecule has 28 heavy (non-hydrogen) atoms. The number of morpholine rings is 1. The monoisotopic (exact) mass is 502 g/mol. The molecule has 0 spiro atoms. The molecule has 0 bridgehead atoms. The van der Waals surface area contributed by atoms with Crippen molar-refractivity contribution >= 4 is 35.8 Å². The zero-order valence-corrected chi connectivity index (χ0v) is 18.8. The van der Waals surface area contributed by atoms with Crippen LogP contribution in [0.4, 0.5) is 0 Å². The Bertz CT molecular complexity index is 617. The Balaban J connectivity index is 0.00000280. The lowest BCUT2D eigenvalue weighted by Crippen LogP contribution is -2.47. The lowest BCUT2D eigenvalue weighted by molar-refractivity contribution is -0.136. The highest BCUT2D eigenvalue weighted by Gasteiger charge is 2.27. The van der Waals surface area contributed by atoms with Gasteiger partial charge < -0.3 is 25.0 Å². The molecule has 2 aliphatic heterocycles. The van der Waals surface area contributed by atoms with Crippen molar-refractivity contribution in [1.82, 2.24) is 15.5 Å². The van der Waals surface area contributed by atoms with Crippen LogP contribution in [0.3, 0.4) is 0 Å². The second kappa shape index (κ2) is 12.2. The van der Waals surface area contributed by atoms with Crippen LogP contribution in [0, 0.1) is 0 Å². The summed E-state index contributed by atoms with van der Waals surface area (Å²) < 4.78 is 11.0. The minimum atomic E-state index is -0.259. The zero-order chi connectivity index (χ0) is 18.9. The topological polar surface area (TPSA) is 75.2 Å². The first-order chi connectivity index (χ1) is 13.3. The van der Waals surface area contributed by atoms with E-state index in [1.165, 1.54) is 0 Å². The van der Waals surface area contributed by atoms with Gasteiger partial charge in [-0.1, -0.05) is 30.3 Å². The Morgan fingerprint density at radius 1 is 1.21 bits per heavy atom. The summed E-state index contributed by atoms with van der Waals surface area (Å²) in [4.78, 5) is 19.3. The Morgan fingerprint density at radius 3 is 2.61 bits per heavy atom. The van der Waals surface area contributed by atoms with E-state index in [9.17, 15) is 4.79 Å². The average Bonchev–Trinajstić information content (AvgIpc) is 3.25. The van der Waals surface area contributed by atoms with Crippen LogP contribution < -0.4 is 10.6 Å². The van der Waals surface area contributed by atoms with Gasteiger partial charge in [-0.3, -0.25) is 9.79 Å². The molecule has 0 aromatic heterocycles. The van der Waals surface area contributed by atoms with Gasteiger partial charge in [0, 0.05) is 39.8 Å². The minimum absolute atomic E-state index is 0. The molecule has 0 saturated carbocycles. The number of hydrogen-bond acceptors (Lipinski definition) is 4. The van der Waals surface area contributed by atoms with E-state index in [0.29, 0.717) is 38.8 Å². The van der Waals surface area contributed by atoms with E-state index in [4.69, 9.17) is 9.47 Å². The fourth-order valence-corrected chi connectivity index (χ4v) is 3.47. The number of ether oxygens (including phenoxy) is 2. The first kappa shape index (κ1) is 22.9. The number of carbonyl (C=O) groups is 1. The van der Waals surface area contributed by atoms with Crippen molar-refractivity contribution in [2.45, 2.75) is 24.9 Å². The minimum Gasteiger partial charge on any atom is -0.378 e. The van der Waals surface area contributed by atoms with Gasteiger partial charge in [0.25, 0.3) is 0 Å². The van der Waals surface area contributed by atoms with E-state index in [2.05, 4.69) is 15.6 Å². The van der Waals surface area contributed by atoms with Crippen LogP contribution in [0.2, 0.25) is 0 Å². The highest BCUT2D eigenvalue weighted by atomic mass is 127. The van der Waals surface area contributed by atoms with Gasteiger partial charge in [-0.15, -0.1) is 24.0 Å². The molecule has 156 valence electrons. The van der Waals surface area contributed by atoms with Crippen molar-refractivity contribution < 1.29 is 14.3 Å². The van der Waals surface area contributed by atoms with Gasteiger partial charge in [0.15, 0.2) is 5.96 Å². The van der Waals surface area contributed by atoms with Crippen LogP contribution in [0.1, 0.15) is 24.3 Å². The van der Waals surface area contributed by atoms with E-state index in [-0.39, 0.29) is 41.9 Å². The quantitative estimate of drug-likeness (QED) is 0.351. The summed E-state index contributed by atoms with van der Waals surface area (Å²) in [5.41, 5.74) is 1.01. The van der Waals surface area contributed by atoms with E-state index in [1.807, 2.05) is 35.2 Å². The number of nitrogens with zero attached hydrogens (tertiary/aromatic N) is 2. The molecule has 1 amide bonds. The first-order valence-electron chi connectivity index (χ1n) is 9.75. The number of benzene rings is 1. The normalized spacial score (nSPS) is 21.0. The molecule has 2 fully saturated rings. The second-order valence-corrected chi connectivity index (χ2v) is 6.87. The van der Waals surface area contributed by atoms with Gasteiger partial charge in [0.05, 0.1) is 25.2 Å². The lowest BCUT2D eigenvalue weighted by atomic mass is 9.97. The fourth-order valence-electron chi connectivity index (χ4n) is 3.47. The lowest BCUT2D eigenvalue weighted by Gasteiger charge is -2.31. The predicted molar refractivity (Wildman–Crippen MR) is 120 cm³/mol. The van der Waals surface area contributed by atoms with Gasteiger partial charge in [0.1, 0.15) is 0 Å². The highest BCUT2D eigenvalue weighted by Crippen LogP contribution is 2.19. The van der Waals surface area contributed by atoms with Crippen molar-refractivity contribution in [1.29, 1.82) is 0 Å². The van der Waals surface area contributed by atoms with E-state index in [1.54, 1.807) is 7.05 Å². The third-order valence-electron chi connectivity index (χ3n) is 5.04. The molecule has 1 aromatic rings. The van der Waals surface area contributed by atoms with Gasteiger partial charge >= 0.3 is 0 Å². The van der Waals surface area contributed by atoms with Gasteiger partial charge in [0.2, 0.25) is 5.91 Å². The molecule has 2 atom stereocenters. The number of guanidine groups is 1. The van der Waals surface area contributed by atoms with E-state index in [0.717, 1.165) is 31.6 Å². The summed E-state index contributed by atoms with van der Waals surface area (Å²) >= 11 is 0. The fraction of sp³-hybridized carbons (Fsp3) is 0.600. The van der Waals surface area contributed by atoms with Crippen molar-refractivity contribution in [3.63, 3.8) is 0 Å². The Morgan fingerprint density at radius 2 is 1.96 bits per heavy atom. The molecule has 2 saturated heterocycles. The number of rotatable bonds is 6. The zero-order valence-electron chi connectivity index (χ0n) is 16.4. The Labute approximate surface area is 184 Å². The maximum Gasteiger partial charge on any atom is 0.232 e. The third kappa shape index (κ3) is 6.59. The van der Waals surface area contributed by atoms with E-state index >= 15 is 0 Å². The van der Waals surface area contributed by atoms with Crippen LogP contribution in [-0.2, 0) is 14.3 Å². The summed E-state index contributed by atoms with van der Waals surface area (Å²) in [7, 11) is 1.74. The van der Waals surface area contributed by atoms with Gasteiger partial charge in [-0.05, 0) is 18.4 Å². The number of aliphatic imine (C=N–C) groups is 1. The van der Waals surface area contributed by atoms with Crippen molar-refractivity contribution in [2.75, 3.05) is 53.0 Å². The number of hydrogen-bond donors (Lipinski definition) is 2. The van der Waals surface area contributed by atoms with Crippen LogP contribution >= 0.6 is 24.0 Å². The molecule has 7 nitrogen and oxygen atoms in total. The van der Waals surface area contributed by atoms with Gasteiger partial charge in [-0.25, -0.2) is 0 Å². The summed E-state index contributed by atoms with van der Waals surface area (Å²) in [5, 5.41) is 6.62. The molecule has 0 aliphatic carbocycles. The van der Waals surface area contributed by atoms with Crippen molar-refractivity contribution in [3.8, 4) is 0 Å². The van der Waals surface area contributed by atoms with Crippen molar-refractivity contribution in [2.24, 2.45) is 4.99 Å². The average molecular weight is 502 g/mol. The van der Waals surface area contributed by atoms with Crippen LogP contribution in [-0.4, -0.2) is 75.9 Å². The maximum atomic E-state index is 13.1. The molecule has 2 heterocycles. The van der Waals surface area contributed by atoms with E-state index < -0.39 is 0 Å². The number of nitrogens with one attached hydrogen (secondary N) is 2. The first-order valence-corrected chi connectivity index (χ1v) is 9.75. The molecule has 1 aromatic carbocycles. The Kier molecular flexibility index (Phi) is 10.0. The molecule has 2 aliphatic rings. The van der Waals surface area contributed by atoms with Crippen LogP contribution in [0.15, 0.2) is 35.3 Å². The third-order valence-corrected chi connectivity index (χ3v) is 5.04. The van der Waals surface area contributed by atoms with Crippen LogP contribution in [0.25, 0.3) is 0 Å². The summed E-state index contributed by atoms with van der Waals surface area (Å²) in [6.45, 7) is 4.56. The number of amides is 1. The second-order valence-electron chi connectivity index (χ2n) is 6.87. The summed E-state index contributed by atoms with van der Waals surface area (Å²) in [6, 6.07) is 9.93. The predicted octanol–water partition coefficient (Wildman–Crippen LogP) is 1.59. The maximum absolute atomic E-state index is 13.1. The highest BCUT2D eigenvalue weighted by molar-refractivity contribution is 14.0. The molecule has 0 radical (unpaired) electrons. The number of halogens is 1. The van der Waals surface area contributed by atoms with Gasteiger partial charge in [-0.2, -0.15) is 0 Å². The molecular weight excluding hydrogens is 471 g/mol. The van der Waals surface area contributed by atoms with Crippen LogP contribution in [0.5, 0.6) is 0 Å². The molecule has 3 rings (SSSR count). The molecule has 2 unspecified atom stereocenters.